The van der Waals surface area contributed by atoms with E-state index in [-0.39, 0.29) is 11.5 Å². The summed E-state index contributed by atoms with van der Waals surface area (Å²) in [4.78, 5) is 11.3. The Hall–Kier alpha value is -0.610. The second-order valence-electron chi connectivity index (χ2n) is 4.76. The van der Waals surface area contributed by atoms with Crippen LogP contribution in [0, 0.1) is 5.41 Å². The molecule has 0 spiro atoms. The Labute approximate surface area is 86.2 Å². The van der Waals surface area contributed by atoms with Crippen LogP contribution in [0.5, 0.6) is 0 Å². The fourth-order valence-electron chi connectivity index (χ4n) is 0.739. The molecule has 0 radical (unpaired) electrons. The van der Waals surface area contributed by atoms with Crippen molar-refractivity contribution in [3.05, 3.63) is 0 Å². The predicted molar refractivity (Wildman–Crippen MR) is 56.4 cm³/mol. The van der Waals surface area contributed by atoms with Crippen LogP contribution in [-0.4, -0.2) is 18.1 Å². The Balaban J connectivity index is 4.18. The van der Waals surface area contributed by atoms with Crippen LogP contribution in [0.3, 0.4) is 0 Å². The van der Waals surface area contributed by atoms with Crippen molar-refractivity contribution in [2.24, 2.45) is 11.3 Å². The van der Waals surface area contributed by atoms with E-state index in [2.05, 4.69) is 12.3 Å². The number of hydrogen-bond donors (Lipinski definition) is 2. The van der Waals surface area contributed by atoms with E-state index in [1.54, 1.807) is 13.8 Å². The maximum Gasteiger partial charge on any atom is 0.241 e. The van der Waals surface area contributed by atoms with Gasteiger partial charge in [-0.1, -0.05) is 6.92 Å². The maximum atomic E-state index is 11.3. The smallest absolute Gasteiger partial charge is 0.241 e. The SMILES string of the molecule is CCC(C)(C)OCC(C)(C)C(=O)NN. The monoisotopic (exact) mass is 202 g/mol. The average Bonchev–Trinajstić information content (AvgIpc) is 2.14. The van der Waals surface area contributed by atoms with E-state index in [0.29, 0.717) is 6.61 Å². The Morgan fingerprint density at radius 2 is 1.86 bits per heavy atom. The Morgan fingerprint density at radius 1 is 1.36 bits per heavy atom. The van der Waals surface area contributed by atoms with Crippen LogP contribution in [0.4, 0.5) is 0 Å². The Morgan fingerprint density at radius 3 is 2.21 bits per heavy atom. The van der Waals surface area contributed by atoms with Crippen molar-refractivity contribution in [2.45, 2.75) is 46.6 Å². The molecule has 0 fully saturated rings. The van der Waals surface area contributed by atoms with Crippen LogP contribution in [0.1, 0.15) is 41.0 Å². The van der Waals surface area contributed by atoms with Gasteiger partial charge < -0.3 is 4.74 Å². The maximum absolute atomic E-state index is 11.3. The molecule has 0 heterocycles. The van der Waals surface area contributed by atoms with E-state index < -0.39 is 5.41 Å². The summed E-state index contributed by atoms with van der Waals surface area (Å²) in [6, 6.07) is 0. The number of nitrogens with one attached hydrogen (secondary N) is 1. The first-order valence-electron chi connectivity index (χ1n) is 4.90. The summed E-state index contributed by atoms with van der Waals surface area (Å²) in [7, 11) is 0. The van der Waals surface area contributed by atoms with Gasteiger partial charge >= 0.3 is 0 Å². The summed E-state index contributed by atoms with van der Waals surface area (Å²) in [5, 5.41) is 0. The third kappa shape index (κ3) is 4.07. The third-order valence-electron chi connectivity index (χ3n) is 2.42. The minimum Gasteiger partial charge on any atom is -0.374 e. The number of amides is 1. The van der Waals surface area contributed by atoms with Crippen molar-refractivity contribution in [1.82, 2.24) is 5.43 Å². The quantitative estimate of drug-likeness (QED) is 0.400. The zero-order valence-electron chi connectivity index (χ0n) is 9.81. The summed E-state index contributed by atoms with van der Waals surface area (Å²) in [6.45, 7) is 10.0. The molecule has 3 N–H and O–H groups in total. The lowest BCUT2D eigenvalue weighted by Gasteiger charge is -2.29. The molecule has 14 heavy (non-hydrogen) atoms. The van der Waals surface area contributed by atoms with Gasteiger partial charge in [0.2, 0.25) is 5.91 Å². The number of nitrogens with two attached hydrogens (primary N) is 1. The molecule has 0 unspecified atom stereocenters. The molecule has 0 aromatic heterocycles. The second-order valence-corrected chi connectivity index (χ2v) is 4.76. The molecule has 4 nitrogen and oxygen atoms in total. The molecule has 0 aliphatic carbocycles. The fraction of sp³-hybridized carbons (Fsp3) is 0.900. The highest BCUT2D eigenvalue weighted by atomic mass is 16.5. The topological polar surface area (TPSA) is 64.3 Å². The van der Waals surface area contributed by atoms with Crippen LogP contribution in [-0.2, 0) is 9.53 Å². The molecule has 0 bridgehead atoms. The van der Waals surface area contributed by atoms with Crippen molar-refractivity contribution in [3.8, 4) is 0 Å². The van der Waals surface area contributed by atoms with E-state index in [0.717, 1.165) is 6.42 Å². The molecule has 0 saturated carbocycles. The molecular formula is C10H22N2O2. The van der Waals surface area contributed by atoms with Gasteiger partial charge in [-0.05, 0) is 34.1 Å². The van der Waals surface area contributed by atoms with E-state index in [9.17, 15) is 4.79 Å². The van der Waals surface area contributed by atoms with Gasteiger partial charge in [-0.15, -0.1) is 0 Å². The summed E-state index contributed by atoms with van der Waals surface area (Å²) in [5.74, 6) is 4.87. The van der Waals surface area contributed by atoms with Crippen molar-refractivity contribution in [3.63, 3.8) is 0 Å². The Bertz CT molecular complexity index is 200. The van der Waals surface area contributed by atoms with Gasteiger partial charge in [-0.2, -0.15) is 0 Å². The van der Waals surface area contributed by atoms with Gasteiger partial charge in [0.25, 0.3) is 0 Å². The molecule has 0 saturated heterocycles. The number of carbonyl (C=O) groups is 1. The first-order chi connectivity index (χ1) is 6.25. The van der Waals surface area contributed by atoms with Crippen molar-refractivity contribution < 1.29 is 9.53 Å². The van der Waals surface area contributed by atoms with Gasteiger partial charge in [-0.25, -0.2) is 5.84 Å². The molecule has 0 aromatic carbocycles. The molecule has 0 aromatic rings. The second kappa shape index (κ2) is 4.75. The molecule has 84 valence electrons. The zero-order valence-corrected chi connectivity index (χ0v) is 9.81. The minimum absolute atomic E-state index is 0.188. The highest BCUT2D eigenvalue weighted by Crippen LogP contribution is 2.21. The number of hydrazine groups is 1. The summed E-state index contributed by atoms with van der Waals surface area (Å²) in [5.41, 5.74) is 1.37. The van der Waals surface area contributed by atoms with Crippen LogP contribution < -0.4 is 11.3 Å². The standard InChI is InChI=1S/C10H22N2O2/c1-6-10(4,5)14-7-9(2,3)8(13)12-11/h6-7,11H2,1-5H3,(H,12,13). The van der Waals surface area contributed by atoms with Gasteiger partial charge in [0.15, 0.2) is 0 Å². The highest BCUT2D eigenvalue weighted by molar-refractivity contribution is 5.81. The lowest BCUT2D eigenvalue weighted by atomic mass is 9.93. The molecular weight excluding hydrogens is 180 g/mol. The minimum atomic E-state index is -0.582. The van der Waals surface area contributed by atoms with Crippen molar-refractivity contribution in [1.29, 1.82) is 0 Å². The third-order valence-corrected chi connectivity index (χ3v) is 2.42. The fourth-order valence-corrected chi connectivity index (χ4v) is 0.739. The normalized spacial score (nSPS) is 12.7. The summed E-state index contributed by atoms with van der Waals surface area (Å²) in [6.07, 6.45) is 0.910. The number of hydrogen-bond acceptors (Lipinski definition) is 3. The van der Waals surface area contributed by atoms with Gasteiger partial charge in [0.1, 0.15) is 0 Å². The molecule has 0 rings (SSSR count). The van der Waals surface area contributed by atoms with E-state index in [1.165, 1.54) is 0 Å². The Kier molecular flexibility index (Phi) is 4.55. The molecule has 0 atom stereocenters. The number of ether oxygens (including phenoxy) is 1. The van der Waals surface area contributed by atoms with E-state index in [4.69, 9.17) is 10.6 Å². The molecule has 0 aliphatic heterocycles. The number of rotatable bonds is 5. The van der Waals surface area contributed by atoms with Gasteiger partial charge in [0.05, 0.1) is 17.6 Å². The molecule has 4 heteroatoms. The molecule has 1 amide bonds. The van der Waals surface area contributed by atoms with E-state index >= 15 is 0 Å². The zero-order chi connectivity index (χ0) is 11.4. The highest BCUT2D eigenvalue weighted by Gasteiger charge is 2.30. The van der Waals surface area contributed by atoms with Crippen LogP contribution in [0.25, 0.3) is 0 Å². The van der Waals surface area contributed by atoms with E-state index in [1.807, 2.05) is 13.8 Å². The first-order valence-corrected chi connectivity index (χ1v) is 4.90. The number of carbonyl (C=O) groups excluding carboxylic acids is 1. The van der Waals surface area contributed by atoms with Crippen LogP contribution in [0.2, 0.25) is 0 Å². The lowest BCUT2D eigenvalue weighted by Crippen LogP contribution is -2.44. The average molecular weight is 202 g/mol. The van der Waals surface area contributed by atoms with Gasteiger partial charge in [0, 0.05) is 0 Å². The summed E-state index contributed by atoms with van der Waals surface area (Å²) < 4.78 is 5.65. The van der Waals surface area contributed by atoms with Crippen LogP contribution in [0.15, 0.2) is 0 Å². The van der Waals surface area contributed by atoms with Crippen LogP contribution >= 0.6 is 0 Å². The van der Waals surface area contributed by atoms with Gasteiger partial charge in [-0.3, -0.25) is 10.2 Å². The summed E-state index contributed by atoms with van der Waals surface area (Å²) >= 11 is 0. The predicted octanol–water partition coefficient (Wildman–Crippen LogP) is 1.21. The lowest BCUT2D eigenvalue weighted by molar-refractivity contribution is -0.137. The first kappa shape index (κ1) is 13.4. The van der Waals surface area contributed by atoms with Crippen molar-refractivity contribution >= 4 is 5.91 Å². The van der Waals surface area contributed by atoms with Crippen molar-refractivity contribution in [2.75, 3.05) is 6.61 Å². The molecule has 0 aliphatic rings. The largest absolute Gasteiger partial charge is 0.374 e.